The third kappa shape index (κ3) is 1.66. The Balaban J connectivity index is 2.15. The van der Waals surface area contributed by atoms with E-state index in [1.807, 2.05) is 12.1 Å². The second-order valence-electron chi connectivity index (χ2n) is 4.75. The molecular formula is C13H15FN2S. The van der Waals surface area contributed by atoms with E-state index in [4.69, 9.17) is 5.73 Å². The Morgan fingerprint density at radius 2 is 2.24 bits per heavy atom. The van der Waals surface area contributed by atoms with Gasteiger partial charge in [-0.25, -0.2) is 4.39 Å². The minimum atomic E-state index is -0.388. The minimum Gasteiger partial charge on any atom is -0.379 e. The van der Waals surface area contributed by atoms with Crippen molar-refractivity contribution >= 4 is 16.9 Å². The summed E-state index contributed by atoms with van der Waals surface area (Å²) in [6.45, 7) is 0. The molecule has 1 aliphatic heterocycles. The fourth-order valence-electron chi connectivity index (χ4n) is 3.07. The molecular weight excluding hydrogens is 235 g/mol. The maximum atomic E-state index is 14.0. The quantitative estimate of drug-likeness (QED) is 0.832. The Labute approximate surface area is 104 Å². The third-order valence-electron chi connectivity index (χ3n) is 3.87. The first kappa shape index (κ1) is 11.1. The van der Waals surface area contributed by atoms with E-state index in [2.05, 4.69) is 4.99 Å². The van der Waals surface area contributed by atoms with Crippen LogP contribution in [0.15, 0.2) is 29.3 Å². The second kappa shape index (κ2) is 4.02. The number of thioether (sulfide) groups is 1. The average molecular weight is 250 g/mol. The molecule has 2 N–H and O–H groups in total. The van der Waals surface area contributed by atoms with Gasteiger partial charge in [-0.05, 0) is 24.8 Å². The SMILES string of the molecule is NC1=N[C@@]2(c3ccccc3F)CCCC2CS1. The Hall–Kier alpha value is -1.03. The van der Waals surface area contributed by atoms with Gasteiger partial charge in [-0.15, -0.1) is 0 Å². The van der Waals surface area contributed by atoms with E-state index in [9.17, 15) is 4.39 Å². The molecule has 2 aliphatic rings. The lowest BCUT2D eigenvalue weighted by Gasteiger charge is -2.36. The van der Waals surface area contributed by atoms with Crippen molar-refractivity contribution in [3.05, 3.63) is 35.6 Å². The van der Waals surface area contributed by atoms with E-state index in [0.29, 0.717) is 11.1 Å². The van der Waals surface area contributed by atoms with Crippen molar-refractivity contribution < 1.29 is 4.39 Å². The first-order valence-electron chi connectivity index (χ1n) is 5.95. The molecule has 1 heterocycles. The molecule has 0 radical (unpaired) electrons. The highest BCUT2D eigenvalue weighted by Crippen LogP contribution is 2.51. The molecule has 1 aromatic carbocycles. The lowest BCUT2D eigenvalue weighted by molar-refractivity contribution is 0.341. The Morgan fingerprint density at radius 1 is 1.41 bits per heavy atom. The minimum absolute atomic E-state index is 0.150. The Morgan fingerprint density at radius 3 is 3.06 bits per heavy atom. The summed E-state index contributed by atoms with van der Waals surface area (Å²) in [6.07, 6.45) is 3.15. The highest BCUT2D eigenvalue weighted by molar-refractivity contribution is 8.13. The molecule has 1 saturated carbocycles. The summed E-state index contributed by atoms with van der Waals surface area (Å²) in [5, 5.41) is 0.603. The topological polar surface area (TPSA) is 38.4 Å². The van der Waals surface area contributed by atoms with Crippen molar-refractivity contribution in [3.8, 4) is 0 Å². The van der Waals surface area contributed by atoms with Gasteiger partial charge in [0.25, 0.3) is 0 Å². The molecule has 1 aliphatic carbocycles. The van der Waals surface area contributed by atoms with Crippen LogP contribution in [0.25, 0.3) is 0 Å². The van der Waals surface area contributed by atoms with Crippen molar-refractivity contribution in [1.29, 1.82) is 0 Å². The molecule has 0 bridgehead atoms. The number of benzene rings is 1. The van der Waals surface area contributed by atoms with Gasteiger partial charge in [-0.2, -0.15) is 0 Å². The van der Waals surface area contributed by atoms with E-state index in [-0.39, 0.29) is 11.4 Å². The molecule has 17 heavy (non-hydrogen) atoms. The number of hydrogen-bond donors (Lipinski definition) is 1. The van der Waals surface area contributed by atoms with Gasteiger partial charge in [-0.1, -0.05) is 36.4 Å². The number of nitrogens with zero attached hydrogens (tertiary/aromatic N) is 1. The molecule has 2 nitrogen and oxygen atoms in total. The van der Waals surface area contributed by atoms with E-state index in [1.165, 1.54) is 6.07 Å². The van der Waals surface area contributed by atoms with Gasteiger partial charge in [0.1, 0.15) is 5.82 Å². The van der Waals surface area contributed by atoms with Gasteiger partial charge in [0.05, 0.1) is 5.54 Å². The molecule has 2 atom stereocenters. The molecule has 0 spiro atoms. The van der Waals surface area contributed by atoms with Gasteiger partial charge < -0.3 is 5.73 Å². The number of nitrogens with two attached hydrogens (primary N) is 1. The predicted octanol–water partition coefficient (Wildman–Crippen LogP) is 2.88. The first-order valence-corrected chi connectivity index (χ1v) is 6.94. The summed E-state index contributed by atoms with van der Waals surface area (Å²) in [5.41, 5.74) is 6.19. The van der Waals surface area contributed by atoms with Gasteiger partial charge in [0, 0.05) is 11.3 Å². The summed E-state index contributed by atoms with van der Waals surface area (Å²) in [4.78, 5) is 4.62. The molecule has 1 fully saturated rings. The second-order valence-corrected chi connectivity index (χ2v) is 5.79. The van der Waals surface area contributed by atoms with Crippen molar-refractivity contribution in [2.45, 2.75) is 24.8 Å². The van der Waals surface area contributed by atoms with Crippen molar-refractivity contribution in [2.24, 2.45) is 16.6 Å². The Bertz CT molecular complexity index is 474. The van der Waals surface area contributed by atoms with E-state index in [1.54, 1.807) is 17.8 Å². The van der Waals surface area contributed by atoms with E-state index in [0.717, 1.165) is 30.6 Å². The molecule has 0 amide bonds. The largest absolute Gasteiger partial charge is 0.379 e. The number of rotatable bonds is 1. The summed E-state index contributed by atoms with van der Waals surface area (Å²) in [7, 11) is 0. The van der Waals surface area contributed by atoms with Crippen LogP contribution in [0.3, 0.4) is 0 Å². The summed E-state index contributed by atoms with van der Waals surface area (Å²) in [5.74, 6) is 1.24. The van der Waals surface area contributed by atoms with Crippen LogP contribution in [0.2, 0.25) is 0 Å². The van der Waals surface area contributed by atoms with Crippen molar-refractivity contribution in [1.82, 2.24) is 0 Å². The van der Waals surface area contributed by atoms with Crippen LogP contribution >= 0.6 is 11.8 Å². The number of hydrogen-bond acceptors (Lipinski definition) is 3. The van der Waals surface area contributed by atoms with Crippen molar-refractivity contribution in [3.63, 3.8) is 0 Å². The summed E-state index contributed by atoms with van der Waals surface area (Å²) >= 11 is 1.60. The van der Waals surface area contributed by atoms with Gasteiger partial charge in [0.2, 0.25) is 0 Å². The zero-order valence-corrected chi connectivity index (χ0v) is 10.3. The number of amidine groups is 1. The van der Waals surface area contributed by atoms with Crippen LogP contribution in [0.4, 0.5) is 4.39 Å². The van der Waals surface area contributed by atoms with Crippen LogP contribution < -0.4 is 5.73 Å². The molecule has 1 unspecified atom stereocenters. The van der Waals surface area contributed by atoms with Crippen LogP contribution in [-0.2, 0) is 5.54 Å². The van der Waals surface area contributed by atoms with Crippen LogP contribution in [-0.4, -0.2) is 10.9 Å². The summed E-state index contributed by atoms with van der Waals surface area (Å²) < 4.78 is 14.0. The van der Waals surface area contributed by atoms with Crippen LogP contribution in [0.5, 0.6) is 0 Å². The zero-order chi connectivity index (χ0) is 11.9. The van der Waals surface area contributed by atoms with Crippen LogP contribution in [0, 0.1) is 11.7 Å². The molecule has 0 saturated heterocycles. The maximum Gasteiger partial charge on any atom is 0.154 e. The predicted molar refractivity (Wildman–Crippen MR) is 69.5 cm³/mol. The lowest BCUT2D eigenvalue weighted by atomic mass is 9.81. The lowest BCUT2D eigenvalue weighted by Crippen LogP contribution is -2.37. The number of aliphatic imine (C=N–C) groups is 1. The molecule has 4 heteroatoms. The highest BCUT2D eigenvalue weighted by Gasteiger charge is 2.47. The Kier molecular flexibility index (Phi) is 2.62. The molecule has 0 aromatic heterocycles. The third-order valence-corrected chi connectivity index (χ3v) is 4.82. The zero-order valence-electron chi connectivity index (χ0n) is 9.53. The summed E-state index contributed by atoms with van der Waals surface area (Å²) in [6, 6.07) is 6.99. The molecule has 90 valence electrons. The van der Waals surface area contributed by atoms with Gasteiger partial charge >= 0.3 is 0 Å². The van der Waals surface area contributed by atoms with E-state index >= 15 is 0 Å². The normalized spacial score (nSPS) is 32.1. The maximum absolute atomic E-state index is 14.0. The van der Waals surface area contributed by atoms with Crippen LogP contribution in [0.1, 0.15) is 24.8 Å². The molecule has 1 aromatic rings. The number of fused-ring (bicyclic) bond motifs is 1. The average Bonchev–Trinajstić information content (AvgIpc) is 2.73. The highest BCUT2D eigenvalue weighted by atomic mass is 32.2. The van der Waals surface area contributed by atoms with Crippen molar-refractivity contribution in [2.75, 3.05) is 5.75 Å². The fourth-order valence-corrected chi connectivity index (χ4v) is 4.11. The monoisotopic (exact) mass is 250 g/mol. The smallest absolute Gasteiger partial charge is 0.154 e. The van der Waals surface area contributed by atoms with Gasteiger partial charge in [-0.3, -0.25) is 4.99 Å². The molecule has 3 rings (SSSR count). The van der Waals surface area contributed by atoms with E-state index < -0.39 is 0 Å². The first-order chi connectivity index (χ1) is 8.22. The number of halogens is 1. The fraction of sp³-hybridized carbons (Fsp3) is 0.462. The van der Waals surface area contributed by atoms with Gasteiger partial charge in [0.15, 0.2) is 5.17 Å². The standard InChI is InChI=1S/C13H15FN2S/c14-11-6-2-1-5-10(11)13-7-3-4-9(13)8-17-12(15)16-13/h1-2,5-6,9H,3-4,7-8H2,(H2,15,16)/t9?,13-/m0/s1.